The minimum Gasteiger partial charge on any atom is -0.504 e. The standard InChI is InChI=1S/C16H15N3O4S/c1-23-14-7-10(5-6-13(14)20)9-17-19-16(24)18-12-4-2-3-11(8-12)15(21)22/h2-9,20H,1H3,(H,21,22)(H2,18,19,24)/b17-9-. The van der Waals surface area contributed by atoms with Gasteiger partial charge in [-0.25, -0.2) is 4.79 Å². The lowest BCUT2D eigenvalue weighted by Crippen LogP contribution is -2.24. The van der Waals surface area contributed by atoms with Crippen LogP contribution in [0.15, 0.2) is 47.6 Å². The van der Waals surface area contributed by atoms with Gasteiger partial charge in [-0.1, -0.05) is 6.07 Å². The Balaban J connectivity index is 1.95. The van der Waals surface area contributed by atoms with Crippen molar-refractivity contribution in [3.05, 3.63) is 53.6 Å². The van der Waals surface area contributed by atoms with E-state index in [0.29, 0.717) is 17.0 Å². The molecular weight excluding hydrogens is 330 g/mol. The molecule has 0 spiro atoms. The molecule has 2 aromatic rings. The smallest absolute Gasteiger partial charge is 0.335 e. The number of thiocarbonyl (C=S) groups is 1. The summed E-state index contributed by atoms with van der Waals surface area (Å²) in [6.07, 6.45) is 1.50. The van der Waals surface area contributed by atoms with Crippen molar-refractivity contribution >= 4 is 35.2 Å². The molecule has 4 N–H and O–H groups in total. The molecule has 0 aliphatic rings. The summed E-state index contributed by atoms with van der Waals surface area (Å²) >= 11 is 5.08. The van der Waals surface area contributed by atoms with Gasteiger partial charge >= 0.3 is 5.97 Å². The highest BCUT2D eigenvalue weighted by Crippen LogP contribution is 2.25. The van der Waals surface area contributed by atoms with Gasteiger partial charge in [0.25, 0.3) is 0 Å². The number of hydrogen-bond donors (Lipinski definition) is 4. The molecule has 0 heterocycles. The number of carboxylic acid groups (broad SMARTS) is 1. The third-order valence-electron chi connectivity index (χ3n) is 2.95. The molecule has 7 nitrogen and oxygen atoms in total. The number of anilines is 1. The van der Waals surface area contributed by atoms with Gasteiger partial charge in [-0.15, -0.1) is 0 Å². The second-order valence-electron chi connectivity index (χ2n) is 4.64. The van der Waals surface area contributed by atoms with E-state index in [1.165, 1.54) is 31.5 Å². The average Bonchev–Trinajstić information content (AvgIpc) is 2.56. The van der Waals surface area contributed by atoms with E-state index in [9.17, 15) is 9.90 Å². The van der Waals surface area contributed by atoms with Crippen LogP contribution in [-0.4, -0.2) is 34.6 Å². The van der Waals surface area contributed by atoms with Gasteiger partial charge in [0.15, 0.2) is 16.6 Å². The van der Waals surface area contributed by atoms with Gasteiger partial charge in [0.05, 0.1) is 18.9 Å². The molecule has 24 heavy (non-hydrogen) atoms. The van der Waals surface area contributed by atoms with Gasteiger partial charge in [0.1, 0.15) is 0 Å². The van der Waals surface area contributed by atoms with Crippen LogP contribution < -0.4 is 15.5 Å². The Morgan fingerprint density at radius 2 is 2.08 bits per heavy atom. The van der Waals surface area contributed by atoms with E-state index in [4.69, 9.17) is 22.1 Å². The van der Waals surface area contributed by atoms with Crippen molar-refractivity contribution in [2.75, 3.05) is 12.4 Å². The van der Waals surface area contributed by atoms with Crippen LogP contribution in [0.5, 0.6) is 11.5 Å². The highest BCUT2D eigenvalue weighted by molar-refractivity contribution is 7.80. The number of hydrazone groups is 1. The van der Waals surface area contributed by atoms with Crippen LogP contribution in [0.2, 0.25) is 0 Å². The van der Waals surface area contributed by atoms with Crippen molar-refractivity contribution in [1.82, 2.24) is 5.43 Å². The van der Waals surface area contributed by atoms with E-state index in [2.05, 4.69) is 15.8 Å². The topological polar surface area (TPSA) is 103 Å². The summed E-state index contributed by atoms with van der Waals surface area (Å²) in [5, 5.41) is 25.5. The molecule has 0 fully saturated rings. The van der Waals surface area contributed by atoms with E-state index in [1.807, 2.05) is 0 Å². The van der Waals surface area contributed by atoms with Gasteiger partial charge in [0, 0.05) is 5.69 Å². The molecule has 0 radical (unpaired) electrons. The Kier molecular flexibility index (Phi) is 5.69. The molecule has 124 valence electrons. The first kappa shape index (κ1) is 17.2. The van der Waals surface area contributed by atoms with Crippen LogP contribution in [0.4, 0.5) is 5.69 Å². The van der Waals surface area contributed by atoms with Crippen molar-refractivity contribution in [3.63, 3.8) is 0 Å². The second-order valence-corrected chi connectivity index (χ2v) is 5.05. The van der Waals surface area contributed by atoms with Crippen LogP contribution in [0.25, 0.3) is 0 Å². The number of carboxylic acids is 1. The Labute approximate surface area is 143 Å². The van der Waals surface area contributed by atoms with Crippen molar-refractivity contribution in [2.45, 2.75) is 0 Å². The number of nitrogens with zero attached hydrogens (tertiary/aromatic N) is 1. The molecule has 2 aromatic carbocycles. The van der Waals surface area contributed by atoms with Gasteiger partial charge in [-0.3, -0.25) is 5.43 Å². The lowest BCUT2D eigenvalue weighted by Gasteiger charge is -2.07. The van der Waals surface area contributed by atoms with Gasteiger partial charge in [-0.05, 0) is 54.2 Å². The first-order valence-corrected chi connectivity index (χ1v) is 7.21. The number of phenolic OH excluding ortho intramolecular Hbond substituents is 1. The van der Waals surface area contributed by atoms with Crippen molar-refractivity contribution in [1.29, 1.82) is 0 Å². The summed E-state index contributed by atoms with van der Waals surface area (Å²) in [5.74, 6) is -0.639. The number of rotatable bonds is 5. The van der Waals surface area contributed by atoms with Crippen LogP contribution in [-0.2, 0) is 0 Å². The Hall–Kier alpha value is -3.13. The molecule has 8 heteroatoms. The van der Waals surface area contributed by atoms with Crippen LogP contribution in [0.1, 0.15) is 15.9 Å². The normalized spacial score (nSPS) is 10.4. The third-order valence-corrected chi connectivity index (χ3v) is 3.14. The quantitative estimate of drug-likeness (QED) is 0.375. The Bertz CT molecular complexity index is 793. The number of aromatic carboxylic acids is 1. The van der Waals surface area contributed by atoms with Gasteiger partial charge in [-0.2, -0.15) is 5.10 Å². The average molecular weight is 345 g/mol. The molecular formula is C16H15N3O4S. The minimum atomic E-state index is -1.02. The fraction of sp³-hybridized carbons (Fsp3) is 0.0625. The van der Waals surface area contributed by atoms with E-state index < -0.39 is 5.97 Å². The molecule has 0 aromatic heterocycles. The van der Waals surface area contributed by atoms with Crippen molar-refractivity contribution in [3.8, 4) is 11.5 Å². The molecule has 0 bridgehead atoms. The molecule has 2 rings (SSSR count). The summed E-state index contributed by atoms with van der Waals surface area (Å²) in [6, 6.07) is 11.0. The van der Waals surface area contributed by atoms with E-state index in [0.717, 1.165) is 0 Å². The predicted octanol–water partition coefficient (Wildman–Crippen LogP) is 2.42. The summed E-state index contributed by atoms with van der Waals surface area (Å²) in [4.78, 5) is 10.9. The number of benzene rings is 2. The van der Waals surface area contributed by atoms with Crippen molar-refractivity contribution in [2.24, 2.45) is 5.10 Å². The second kappa shape index (κ2) is 7.93. The van der Waals surface area contributed by atoms with Crippen molar-refractivity contribution < 1.29 is 19.7 Å². The van der Waals surface area contributed by atoms with E-state index >= 15 is 0 Å². The fourth-order valence-electron chi connectivity index (χ4n) is 1.83. The zero-order valence-corrected chi connectivity index (χ0v) is 13.5. The largest absolute Gasteiger partial charge is 0.504 e. The number of aromatic hydroxyl groups is 1. The predicted molar refractivity (Wildman–Crippen MR) is 95.0 cm³/mol. The third kappa shape index (κ3) is 4.68. The maximum Gasteiger partial charge on any atom is 0.335 e. The Morgan fingerprint density at radius 3 is 2.79 bits per heavy atom. The highest BCUT2D eigenvalue weighted by atomic mass is 32.1. The first-order chi connectivity index (χ1) is 11.5. The van der Waals surface area contributed by atoms with Crippen LogP contribution in [0, 0.1) is 0 Å². The van der Waals surface area contributed by atoms with Gasteiger partial charge < -0.3 is 20.3 Å². The molecule has 0 aliphatic carbocycles. The van der Waals surface area contributed by atoms with Crippen LogP contribution >= 0.6 is 12.2 Å². The number of hydrogen-bond acceptors (Lipinski definition) is 5. The lowest BCUT2D eigenvalue weighted by molar-refractivity contribution is 0.0697. The number of phenols is 1. The fourth-order valence-corrected chi connectivity index (χ4v) is 2.00. The van der Waals surface area contributed by atoms with Gasteiger partial charge in [0.2, 0.25) is 0 Å². The molecule has 0 amide bonds. The SMILES string of the molecule is COc1cc(/C=N\NC(=S)Nc2cccc(C(=O)O)c2)ccc1O. The number of ether oxygens (including phenoxy) is 1. The number of carbonyl (C=O) groups is 1. The Morgan fingerprint density at radius 1 is 1.29 bits per heavy atom. The molecule has 0 saturated heterocycles. The number of nitrogens with one attached hydrogen (secondary N) is 2. The summed E-state index contributed by atoms with van der Waals surface area (Å²) in [5.41, 5.74) is 4.01. The minimum absolute atomic E-state index is 0.0399. The maximum absolute atomic E-state index is 10.9. The molecule has 0 atom stereocenters. The maximum atomic E-state index is 10.9. The lowest BCUT2D eigenvalue weighted by atomic mass is 10.2. The first-order valence-electron chi connectivity index (χ1n) is 6.80. The van der Waals surface area contributed by atoms with E-state index in [1.54, 1.807) is 24.3 Å². The zero-order chi connectivity index (χ0) is 17.5. The summed E-state index contributed by atoms with van der Waals surface area (Å²) in [7, 11) is 1.46. The monoisotopic (exact) mass is 345 g/mol. The highest BCUT2D eigenvalue weighted by Gasteiger charge is 2.04. The summed E-state index contributed by atoms with van der Waals surface area (Å²) in [6.45, 7) is 0. The van der Waals surface area contributed by atoms with Crippen LogP contribution in [0.3, 0.4) is 0 Å². The zero-order valence-electron chi connectivity index (χ0n) is 12.7. The summed E-state index contributed by atoms with van der Waals surface area (Å²) < 4.78 is 5.00. The number of methoxy groups -OCH3 is 1. The van der Waals surface area contributed by atoms with E-state index in [-0.39, 0.29) is 16.4 Å². The molecule has 0 aliphatic heterocycles. The molecule has 0 unspecified atom stereocenters. The molecule has 0 saturated carbocycles.